The van der Waals surface area contributed by atoms with Gasteiger partial charge in [0, 0.05) is 10.3 Å². The number of hydrogen-bond acceptors (Lipinski definition) is 2. The molecule has 1 nitrogen and oxygen atoms in total. The van der Waals surface area contributed by atoms with Crippen LogP contribution in [0.15, 0.2) is 17.5 Å². The van der Waals surface area contributed by atoms with Crippen molar-refractivity contribution in [2.24, 2.45) is 11.7 Å². The van der Waals surface area contributed by atoms with Crippen molar-refractivity contribution in [1.29, 1.82) is 0 Å². The molecule has 0 aliphatic heterocycles. The molecule has 0 bridgehead atoms. The SMILES string of the molecule is C[C@]1(c2cccs2)C[C@H]1CN. The molecule has 1 aliphatic rings. The molecule has 1 aromatic heterocycles. The predicted octanol–water partition coefficient (Wildman–Crippen LogP) is 1.98. The molecule has 0 radical (unpaired) electrons. The molecule has 0 saturated heterocycles. The Morgan fingerprint density at radius 3 is 3.09 bits per heavy atom. The van der Waals surface area contributed by atoms with Crippen LogP contribution in [0, 0.1) is 5.92 Å². The molecule has 2 atom stereocenters. The van der Waals surface area contributed by atoms with E-state index in [4.69, 9.17) is 5.73 Å². The smallest absolute Gasteiger partial charge is 0.0108 e. The Kier molecular flexibility index (Phi) is 1.55. The second kappa shape index (κ2) is 2.32. The van der Waals surface area contributed by atoms with Crippen LogP contribution in [0.2, 0.25) is 0 Å². The van der Waals surface area contributed by atoms with Crippen molar-refractivity contribution in [2.45, 2.75) is 18.8 Å². The van der Waals surface area contributed by atoms with E-state index in [-0.39, 0.29) is 0 Å². The van der Waals surface area contributed by atoms with E-state index in [9.17, 15) is 0 Å². The molecule has 1 fully saturated rings. The van der Waals surface area contributed by atoms with Gasteiger partial charge >= 0.3 is 0 Å². The predicted molar refractivity (Wildman–Crippen MR) is 48.8 cm³/mol. The lowest BCUT2D eigenvalue weighted by Crippen LogP contribution is -2.10. The minimum atomic E-state index is 0.433. The van der Waals surface area contributed by atoms with E-state index < -0.39 is 0 Å². The van der Waals surface area contributed by atoms with Crippen LogP contribution in [0.5, 0.6) is 0 Å². The summed E-state index contributed by atoms with van der Waals surface area (Å²) < 4.78 is 0. The highest BCUT2D eigenvalue weighted by Gasteiger charge is 2.50. The highest BCUT2D eigenvalue weighted by molar-refractivity contribution is 7.10. The summed E-state index contributed by atoms with van der Waals surface area (Å²) in [5.41, 5.74) is 6.05. The fourth-order valence-corrected chi connectivity index (χ4v) is 2.68. The van der Waals surface area contributed by atoms with E-state index in [0.717, 1.165) is 12.5 Å². The van der Waals surface area contributed by atoms with Gasteiger partial charge in [0.1, 0.15) is 0 Å². The molecule has 11 heavy (non-hydrogen) atoms. The van der Waals surface area contributed by atoms with Crippen LogP contribution in [0.1, 0.15) is 18.2 Å². The summed E-state index contributed by atoms with van der Waals surface area (Å²) >= 11 is 1.86. The van der Waals surface area contributed by atoms with Gasteiger partial charge in [-0.15, -0.1) is 11.3 Å². The van der Waals surface area contributed by atoms with Crippen LogP contribution in [-0.2, 0) is 5.41 Å². The van der Waals surface area contributed by atoms with E-state index in [1.54, 1.807) is 0 Å². The first-order valence-electron chi connectivity index (χ1n) is 4.01. The third kappa shape index (κ3) is 1.01. The van der Waals surface area contributed by atoms with Gasteiger partial charge in [0.2, 0.25) is 0 Å². The molecule has 2 rings (SSSR count). The van der Waals surface area contributed by atoms with E-state index >= 15 is 0 Å². The first-order valence-corrected chi connectivity index (χ1v) is 4.89. The van der Waals surface area contributed by atoms with Crippen molar-refractivity contribution in [2.75, 3.05) is 6.54 Å². The molecular formula is C9H13NS. The molecule has 0 amide bonds. The minimum absolute atomic E-state index is 0.433. The standard InChI is InChI=1S/C9H13NS/c1-9(5-7(9)6-10)8-3-2-4-11-8/h2-4,7H,5-6,10H2,1H3/t7-,9-/m0/s1. The number of hydrogen-bond donors (Lipinski definition) is 1. The highest BCUT2D eigenvalue weighted by atomic mass is 32.1. The lowest BCUT2D eigenvalue weighted by atomic mass is 10.1. The summed E-state index contributed by atoms with van der Waals surface area (Å²) in [5, 5.41) is 2.15. The number of rotatable bonds is 2. The van der Waals surface area contributed by atoms with E-state index in [0.29, 0.717) is 5.41 Å². The van der Waals surface area contributed by atoms with E-state index in [1.807, 2.05) is 11.3 Å². The van der Waals surface area contributed by atoms with Crippen molar-refractivity contribution in [3.05, 3.63) is 22.4 Å². The second-order valence-electron chi connectivity index (χ2n) is 3.53. The molecule has 2 N–H and O–H groups in total. The second-order valence-corrected chi connectivity index (χ2v) is 4.48. The zero-order chi connectivity index (χ0) is 7.90. The van der Waals surface area contributed by atoms with Crippen LogP contribution in [0.4, 0.5) is 0 Å². The zero-order valence-electron chi connectivity index (χ0n) is 6.71. The summed E-state index contributed by atoms with van der Waals surface area (Å²) in [6, 6.07) is 4.34. The lowest BCUT2D eigenvalue weighted by Gasteiger charge is -2.06. The van der Waals surface area contributed by atoms with Gasteiger partial charge in [-0.25, -0.2) is 0 Å². The highest BCUT2D eigenvalue weighted by Crippen LogP contribution is 2.54. The van der Waals surface area contributed by atoms with Crippen molar-refractivity contribution in [1.82, 2.24) is 0 Å². The summed E-state index contributed by atoms with van der Waals surface area (Å²) in [6.07, 6.45) is 1.28. The molecule has 0 spiro atoms. The maximum Gasteiger partial charge on any atom is 0.0108 e. The van der Waals surface area contributed by atoms with Crippen molar-refractivity contribution in [3.8, 4) is 0 Å². The average molecular weight is 167 g/mol. The van der Waals surface area contributed by atoms with Gasteiger partial charge in [-0.1, -0.05) is 13.0 Å². The minimum Gasteiger partial charge on any atom is -0.330 e. The third-order valence-electron chi connectivity index (χ3n) is 2.78. The molecule has 0 aromatic carbocycles. The molecule has 2 heteroatoms. The maximum atomic E-state index is 5.62. The van der Waals surface area contributed by atoms with Gasteiger partial charge in [0.15, 0.2) is 0 Å². The number of nitrogens with two attached hydrogens (primary N) is 1. The Hall–Kier alpha value is -0.340. The molecule has 1 aromatic rings. The third-order valence-corrected chi connectivity index (χ3v) is 3.93. The monoisotopic (exact) mass is 167 g/mol. The van der Waals surface area contributed by atoms with Crippen molar-refractivity contribution in [3.63, 3.8) is 0 Å². The van der Waals surface area contributed by atoms with Crippen LogP contribution >= 0.6 is 11.3 Å². The Morgan fingerprint density at radius 1 is 1.82 bits per heavy atom. The lowest BCUT2D eigenvalue weighted by molar-refractivity contribution is 0.678. The molecule has 1 saturated carbocycles. The zero-order valence-corrected chi connectivity index (χ0v) is 7.53. The van der Waals surface area contributed by atoms with Crippen molar-refractivity contribution < 1.29 is 0 Å². The first-order chi connectivity index (χ1) is 5.27. The Bertz CT molecular complexity index is 242. The Labute approximate surface area is 71.2 Å². The summed E-state index contributed by atoms with van der Waals surface area (Å²) in [5.74, 6) is 0.737. The maximum absolute atomic E-state index is 5.62. The Balaban J connectivity index is 2.19. The van der Waals surface area contributed by atoms with Gasteiger partial charge in [0.25, 0.3) is 0 Å². The average Bonchev–Trinajstić information content (AvgIpc) is 2.55. The van der Waals surface area contributed by atoms with Crippen LogP contribution in [0.3, 0.4) is 0 Å². The van der Waals surface area contributed by atoms with Gasteiger partial charge in [-0.05, 0) is 30.3 Å². The summed E-state index contributed by atoms with van der Waals surface area (Å²) in [7, 11) is 0. The van der Waals surface area contributed by atoms with E-state index in [1.165, 1.54) is 11.3 Å². The van der Waals surface area contributed by atoms with Gasteiger partial charge in [-0.3, -0.25) is 0 Å². The van der Waals surface area contributed by atoms with Crippen LogP contribution in [-0.4, -0.2) is 6.54 Å². The molecular weight excluding hydrogens is 154 g/mol. The quantitative estimate of drug-likeness (QED) is 0.716. The first kappa shape index (κ1) is 7.32. The van der Waals surface area contributed by atoms with E-state index in [2.05, 4.69) is 24.4 Å². The van der Waals surface area contributed by atoms with Gasteiger partial charge in [-0.2, -0.15) is 0 Å². The van der Waals surface area contributed by atoms with Crippen molar-refractivity contribution >= 4 is 11.3 Å². The molecule has 1 aliphatic carbocycles. The van der Waals surface area contributed by atoms with Crippen LogP contribution < -0.4 is 5.73 Å². The fraction of sp³-hybridized carbons (Fsp3) is 0.556. The Morgan fingerprint density at radius 2 is 2.64 bits per heavy atom. The molecule has 1 heterocycles. The summed E-state index contributed by atoms with van der Waals surface area (Å²) in [6.45, 7) is 3.16. The fourth-order valence-electron chi connectivity index (χ4n) is 1.70. The largest absolute Gasteiger partial charge is 0.330 e. The normalized spacial score (nSPS) is 35.6. The molecule has 0 unspecified atom stereocenters. The topological polar surface area (TPSA) is 26.0 Å². The van der Waals surface area contributed by atoms with Gasteiger partial charge in [0.05, 0.1) is 0 Å². The van der Waals surface area contributed by atoms with Crippen LogP contribution in [0.25, 0.3) is 0 Å². The summed E-state index contributed by atoms with van der Waals surface area (Å²) in [4.78, 5) is 1.51. The van der Waals surface area contributed by atoms with Gasteiger partial charge < -0.3 is 5.73 Å². The number of thiophene rings is 1. The molecule has 60 valence electrons.